The van der Waals surface area contributed by atoms with Crippen molar-refractivity contribution in [3.63, 3.8) is 0 Å². The molecule has 0 spiro atoms. The van der Waals surface area contributed by atoms with Crippen molar-refractivity contribution in [2.45, 2.75) is 13.3 Å². The lowest BCUT2D eigenvalue weighted by molar-refractivity contribution is -0.128. The van der Waals surface area contributed by atoms with E-state index in [9.17, 15) is 9.59 Å². The second-order valence-electron chi connectivity index (χ2n) is 4.62. The van der Waals surface area contributed by atoms with Crippen molar-refractivity contribution in [1.29, 1.82) is 0 Å². The summed E-state index contributed by atoms with van der Waals surface area (Å²) in [7, 11) is 0. The average Bonchev–Trinajstić information content (AvgIpc) is 2.48. The molecule has 1 aromatic carbocycles. The molecule has 0 atom stereocenters. The Labute approximate surface area is 129 Å². The molecule has 21 heavy (non-hydrogen) atoms. The fourth-order valence-corrected chi connectivity index (χ4v) is 2.26. The fourth-order valence-electron chi connectivity index (χ4n) is 2.01. The van der Waals surface area contributed by atoms with Gasteiger partial charge in [0.05, 0.1) is 0 Å². The first-order chi connectivity index (χ1) is 10.1. The van der Waals surface area contributed by atoms with Gasteiger partial charge in [0.1, 0.15) is 5.57 Å². The van der Waals surface area contributed by atoms with Crippen molar-refractivity contribution in [3.05, 3.63) is 53.6 Å². The third kappa shape index (κ3) is 3.25. The van der Waals surface area contributed by atoms with Crippen LogP contribution in [-0.4, -0.2) is 28.4 Å². The maximum absolute atomic E-state index is 12.3. The Morgan fingerprint density at radius 3 is 2.52 bits per heavy atom. The largest absolute Gasteiger partial charge is 0.298 e. The second-order valence-corrected chi connectivity index (χ2v) is 5.00. The van der Waals surface area contributed by atoms with Crippen molar-refractivity contribution >= 4 is 35.2 Å². The smallest absolute Gasteiger partial charge is 0.265 e. The minimum atomic E-state index is -0.468. The molecule has 1 heterocycles. The Hall–Kier alpha value is -2.27. The Kier molecular flexibility index (Phi) is 4.65. The molecule has 4 nitrogen and oxygen atoms in total. The molecule has 1 aliphatic rings. The highest BCUT2D eigenvalue weighted by Crippen LogP contribution is 2.15. The van der Waals surface area contributed by atoms with Crippen LogP contribution in [0.25, 0.3) is 6.08 Å². The Morgan fingerprint density at radius 2 is 1.95 bits per heavy atom. The molecule has 0 saturated carbocycles. The molecular weight excluding hydrogens is 284 g/mol. The summed E-state index contributed by atoms with van der Waals surface area (Å²) in [6, 6.07) is 7.72. The first-order valence-corrected chi connectivity index (χ1v) is 7.06. The van der Waals surface area contributed by atoms with Gasteiger partial charge >= 0.3 is 0 Å². The van der Waals surface area contributed by atoms with E-state index in [0.717, 1.165) is 12.0 Å². The molecular formula is C16H16N2O2S. The summed E-state index contributed by atoms with van der Waals surface area (Å²) < 4.78 is 0. The van der Waals surface area contributed by atoms with Gasteiger partial charge in [-0.05, 0) is 35.8 Å². The number of amides is 2. The van der Waals surface area contributed by atoms with E-state index < -0.39 is 11.8 Å². The van der Waals surface area contributed by atoms with Gasteiger partial charge in [-0.3, -0.25) is 19.8 Å². The standard InChI is InChI=1S/C16H16N2O2S/c1-3-9-18-15(20)13(14(19)17-16(18)21)10-12-7-5-11(4-2)6-8-12/h3,5-8,10H,1,4,9H2,2H3,(H,17,19,21)/b13-10+. The van der Waals surface area contributed by atoms with Gasteiger partial charge in [-0.2, -0.15) is 0 Å². The third-order valence-corrected chi connectivity index (χ3v) is 3.52. The third-order valence-electron chi connectivity index (χ3n) is 3.20. The van der Waals surface area contributed by atoms with E-state index in [1.165, 1.54) is 10.5 Å². The lowest BCUT2D eigenvalue weighted by Crippen LogP contribution is -2.53. The number of carbonyl (C=O) groups is 2. The quantitative estimate of drug-likeness (QED) is 0.401. The predicted octanol–water partition coefficient (Wildman–Crippen LogP) is 2.06. The zero-order valence-electron chi connectivity index (χ0n) is 11.8. The summed E-state index contributed by atoms with van der Waals surface area (Å²) >= 11 is 5.00. The van der Waals surface area contributed by atoms with Crippen LogP contribution in [0, 0.1) is 0 Å². The average molecular weight is 300 g/mol. The summed E-state index contributed by atoms with van der Waals surface area (Å²) in [5.74, 6) is -0.868. The molecule has 1 saturated heterocycles. The van der Waals surface area contributed by atoms with E-state index >= 15 is 0 Å². The van der Waals surface area contributed by atoms with Gasteiger partial charge < -0.3 is 0 Å². The van der Waals surface area contributed by atoms with Crippen molar-refractivity contribution in [2.24, 2.45) is 0 Å². The molecule has 0 aromatic heterocycles. The van der Waals surface area contributed by atoms with E-state index in [1.807, 2.05) is 24.3 Å². The summed E-state index contributed by atoms with van der Waals surface area (Å²) in [6.07, 6.45) is 4.09. The van der Waals surface area contributed by atoms with Crippen LogP contribution in [0.3, 0.4) is 0 Å². The summed E-state index contributed by atoms with van der Waals surface area (Å²) in [4.78, 5) is 25.6. The van der Waals surface area contributed by atoms with Crippen LogP contribution in [0.4, 0.5) is 0 Å². The molecule has 5 heteroatoms. The van der Waals surface area contributed by atoms with E-state index in [4.69, 9.17) is 12.2 Å². The van der Waals surface area contributed by atoms with Gasteiger partial charge in [0, 0.05) is 6.54 Å². The number of nitrogens with one attached hydrogen (secondary N) is 1. The van der Waals surface area contributed by atoms with Crippen molar-refractivity contribution in [1.82, 2.24) is 10.2 Å². The van der Waals surface area contributed by atoms with E-state index in [-0.39, 0.29) is 17.2 Å². The van der Waals surface area contributed by atoms with Gasteiger partial charge in [0.15, 0.2) is 5.11 Å². The van der Waals surface area contributed by atoms with Gasteiger partial charge in [0.2, 0.25) is 0 Å². The first kappa shape index (κ1) is 15.1. The van der Waals surface area contributed by atoms with Gasteiger partial charge in [-0.1, -0.05) is 37.3 Å². The molecule has 0 unspecified atom stereocenters. The number of rotatable bonds is 4. The van der Waals surface area contributed by atoms with Crippen molar-refractivity contribution < 1.29 is 9.59 Å². The lowest BCUT2D eigenvalue weighted by atomic mass is 10.1. The Balaban J connectivity index is 2.32. The molecule has 1 fully saturated rings. The number of thiocarbonyl (C=S) groups is 1. The number of hydrogen-bond acceptors (Lipinski definition) is 3. The summed E-state index contributed by atoms with van der Waals surface area (Å²) in [5.41, 5.74) is 2.08. The molecule has 0 aliphatic carbocycles. The van der Waals surface area contributed by atoms with Crippen LogP contribution in [0.1, 0.15) is 18.1 Å². The molecule has 1 aliphatic heterocycles. The number of benzene rings is 1. The molecule has 0 bridgehead atoms. The normalized spacial score (nSPS) is 17.1. The van der Waals surface area contributed by atoms with Crippen LogP contribution in [-0.2, 0) is 16.0 Å². The van der Waals surface area contributed by atoms with E-state index in [2.05, 4.69) is 18.8 Å². The van der Waals surface area contributed by atoms with Crippen LogP contribution in [0.5, 0.6) is 0 Å². The molecule has 1 N–H and O–H groups in total. The highest BCUT2D eigenvalue weighted by molar-refractivity contribution is 7.80. The topological polar surface area (TPSA) is 49.4 Å². The van der Waals surface area contributed by atoms with E-state index in [1.54, 1.807) is 12.2 Å². The zero-order chi connectivity index (χ0) is 15.4. The SMILES string of the molecule is C=CCN1C(=O)/C(=C/c2ccc(CC)cc2)C(=O)NC1=S. The predicted molar refractivity (Wildman–Crippen MR) is 86.4 cm³/mol. The monoisotopic (exact) mass is 300 g/mol. The molecule has 0 radical (unpaired) electrons. The van der Waals surface area contributed by atoms with Crippen LogP contribution in [0.2, 0.25) is 0 Å². The summed E-state index contributed by atoms with van der Waals surface area (Å²) in [6.45, 7) is 5.92. The van der Waals surface area contributed by atoms with Crippen LogP contribution < -0.4 is 5.32 Å². The highest BCUT2D eigenvalue weighted by Gasteiger charge is 2.32. The molecule has 2 amide bonds. The van der Waals surface area contributed by atoms with Gasteiger partial charge in [-0.15, -0.1) is 6.58 Å². The van der Waals surface area contributed by atoms with E-state index in [0.29, 0.717) is 0 Å². The maximum atomic E-state index is 12.3. The van der Waals surface area contributed by atoms with Crippen LogP contribution >= 0.6 is 12.2 Å². The molecule has 2 rings (SSSR count). The molecule has 108 valence electrons. The van der Waals surface area contributed by atoms with Crippen LogP contribution in [0.15, 0.2) is 42.5 Å². The second kappa shape index (κ2) is 6.45. The minimum Gasteiger partial charge on any atom is -0.298 e. The van der Waals surface area contributed by atoms with Gasteiger partial charge in [-0.25, -0.2) is 0 Å². The van der Waals surface area contributed by atoms with Crippen molar-refractivity contribution in [2.75, 3.05) is 6.54 Å². The zero-order valence-corrected chi connectivity index (χ0v) is 12.6. The highest BCUT2D eigenvalue weighted by atomic mass is 32.1. The Morgan fingerprint density at radius 1 is 1.29 bits per heavy atom. The fraction of sp³-hybridized carbons (Fsp3) is 0.188. The minimum absolute atomic E-state index is 0.0784. The molecule has 1 aromatic rings. The summed E-state index contributed by atoms with van der Waals surface area (Å²) in [5, 5.41) is 2.63. The number of hydrogen-bond donors (Lipinski definition) is 1. The lowest BCUT2D eigenvalue weighted by Gasteiger charge is -2.27. The maximum Gasteiger partial charge on any atom is 0.265 e. The number of nitrogens with zero attached hydrogens (tertiary/aromatic N) is 1. The van der Waals surface area contributed by atoms with Crippen molar-refractivity contribution in [3.8, 4) is 0 Å². The number of carbonyl (C=O) groups excluding carboxylic acids is 2. The van der Waals surface area contributed by atoms with Gasteiger partial charge in [0.25, 0.3) is 11.8 Å². The first-order valence-electron chi connectivity index (χ1n) is 6.65. The Bertz CT molecular complexity index is 632. The number of aryl methyl sites for hydroxylation is 1.